The van der Waals surface area contributed by atoms with E-state index in [1.54, 1.807) is 0 Å². The van der Waals surface area contributed by atoms with Crippen LogP contribution in [0.1, 0.15) is 15.9 Å². The summed E-state index contributed by atoms with van der Waals surface area (Å²) in [6.45, 7) is -2.89. The Hall–Kier alpha value is -2.94. The molecule has 0 aliphatic rings. The minimum Gasteiger partial charge on any atom is -0.435 e. The number of carbonyl (C=O) groups excluding carboxylic acids is 1. The lowest BCUT2D eigenvalue weighted by molar-refractivity contribution is -0.0498. The van der Waals surface area contributed by atoms with Gasteiger partial charge in [0.05, 0.1) is 11.6 Å². The Morgan fingerprint density at radius 3 is 2.24 bits per heavy atom. The molecule has 0 radical (unpaired) electrons. The third-order valence-corrected chi connectivity index (χ3v) is 2.61. The number of ether oxygens (including phenoxy) is 1. The monoisotopic (exact) mass is 288 g/mol. The summed E-state index contributed by atoms with van der Waals surface area (Å²) in [6.07, 6.45) is 0. The fourth-order valence-corrected chi connectivity index (χ4v) is 1.62. The van der Waals surface area contributed by atoms with Gasteiger partial charge in [0.1, 0.15) is 5.75 Å². The van der Waals surface area contributed by atoms with Gasteiger partial charge < -0.3 is 10.1 Å². The van der Waals surface area contributed by atoms with Crippen LogP contribution in [0.25, 0.3) is 0 Å². The number of hydrogen-bond donors (Lipinski definition) is 1. The summed E-state index contributed by atoms with van der Waals surface area (Å²) in [5.74, 6) is -0.344. The second-order valence-electron chi connectivity index (χ2n) is 4.05. The maximum atomic E-state index is 12.0. The summed E-state index contributed by atoms with van der Waals surface area (Å²) in [5.41, 5.74) is 1.30. The van der Waals surface area contributed by atoms with E-state index in [4.69, 9.17) is 5.26 Å². The molecule has 0 saturated carbocycles. The molecule has 1 amide bonds. The number of alkyl halides is 2. The van der Waals surface area contributed by atoms with E-state index in [9.17, 15) is 13.6 Å². The van der Waals surface area contributed by atoms with Crippen LogP contribution in [0.15, 0.2) is 48.5 Å². The van der Waals surface area contributed by atoms with Crippen LogP contribution in [-0.4, -0.2) is 12.5 Å². The molecule has 0 heterocycles. The predicted octanol–water partition coefficient (Wildman–Crippen LogP) is 3.41. The number of nitrogens with one attached hydrogen (secondary N) is 1. The zero-order valence-electron chi connectivity index (χ0n) is 10.7. The van der Waals surface area contributed by atoms with Crippen molar-refractivity contribution in [2.45, 2.75) is 6.61 Å². The second kappa shape index (κ2) is 6.48. The molecule has 6 heteroatoms. The molecule has 0 bridgehead atoms. The summed E-state index contributed by atoms with van der Waals surface area (Å²) in [6, 6.07) is 13.7. The predicted molar refractivity (Wildman–Crippen MR) is 72.2 cm³/mol. The van der Waals surface area contributed by atoms with E-state index in [1.165, 1.54) is 48.5 Å². The van der Waals surface area contributed by atoms with Gasteiger partial charge in [0.25, 0.3) is 5.91 Å². The SMILES string of the molecule is N#Cc1ccc(C(=O)Nc2ccc(OC(F)F)cc2)cc1. The highest BCUT2D eigenvalue weighted by molar-refractivity contribution is 6.04. The Balaban J connectivity index is 2.03. The molecule has 2 aromatic carbocycles. The molecule has 0 unspecified atom stereocenters. The van der Waals surface area contributed by atoms with Crippen molar-refractivity contribution in [2.24, 2.45) is 0 Å². The molecular weight excluding hydrogens is 278 g/mol. The van der Waals surface area contributed by atoms with Crippen LogP contribution in [0.3, 0.4) is 0 Å². The first-order chi connectivity index (χ1) is 10.1. The standard InChI is InChI=1S/C15H10F2N2O2/c16-15(17)21-13-7-5-12(6-8-13)19-14(20)11-3-1-10(9-18)2-4-11/h1-8,15H,(H,19,20). The number of benzene rings is 2. The number of nitrogens with zero attached hydrogens (tertiary/aromatic N) is 1. The minimum absolute atomic E-state index is 0.0152. The third kappa shape index (κ3) is 4.01. The third-order valence-electron chi connectivity index (χ3n) is 2.61. The molecule has 2 rings (SSSR count). The van der Waals surface area contributed by atoms with Gasteiger partial charge >= 0.3 is 6.61 Å². The van der Waals surface area contributed by atoms with Crippen molar-refractivity contribution in [3.8, 4) is 11.8 Å². The highest BCUT2D eigenvalue weighted by atomic mass is 19.3. The molecule has 106 valence electrons. The van der Waals surface area contributed by atoms with Gasteiger partial charge in [-0.3, -0.25) is 4.79 Å². The van der Waals surface area contributed by atoms with Crippen molar-refractivity contribution >= 4 is 11.6 Å². The van der Waals surface area contributed by atoms with E-state index in [2.05, 4.69) is 10.1 Å². The lowest BCUT2D eigenvalue weighted by Crippen LogP contribution is -2.11. The number of halogens is 2. The van der Waals surface area contributed by atoms with Gasteiger partial charge in [0.15, 0.2) is 0 Å². The average Bonchev–Trinajstić information content (AvgIpc) is 2.49. The summed E-state index contributed by atoms with van der Waals surface area (Å²) >= 11 is 0. The molecule has 1 N–H and O–H groups in total. The zero-order valence-corrected chi connectivity index (χ0v) is 10.7. The Morgan fingerprint density at radius 1 is 1.10 bits per heavy atom. The smallest absolute Gasteiger partial charge is 0.387 e. The highest BCUT2D eigenvalue weighted by Gasteiger charge is 2.07. The lowest BCUT2D eigenvalue weighted by atomic mass is 10.1. The fourth-order valence-electron chi connectivity index (χ4n) is 1.62. The lowest BCUT2D eigenvalue weighted by Gasteiger charge is -2.07. The van der Waals surface area contributed by atoms with Crippen LogP contribution in [-0.2, 0) is 0 Å². The van der Waals surface area contributed by atoms with Crippen molar-refractivity contribution in [1.29, 1.82) is 5.26 Å². The van der Waals surface area contributed by atoms with E-state index in [0.29, 0.717) is 16.8 Å². The first kappa shape index (κ1) is 14.5. The van der Waals surface area contributed by atoms with Gasteiger partial charge in [-0.2, -0.15) is 14.0 Å². The summed E-state index contributed by atoms with van der Waals surface area (Å²) in [5, 5.41) is 11.3. The number of nitriles is 1. The van der Waals surface area contributed by atoms with Gasteiger partial charge in [-0.05, 0) is 48.5 Å². The molecule has 0 aliphatic heterocycles. The molecule has 0 fully saturated rings. The molecule has 21 heavy (non-hydrogen) atoms. The molecular formula is C15H10F2N2O2. The first-order valence-corrected chi connectivity index (χ1v) is 5.95. The number of rotatable bonds is 4. The van der Waals surface area contributed by atoms with Crippen molar-refractivity contribution in [2.75, 3.05) is 5.32 Å². The van der Waals surface area contributed by atoms with E-state index in [0.717, 1.165) is 0 Å². The van der Waals surface area contributed by atoms with Gasteiger partial charge in [-0.1, -0.05) is 0 Å². The number of carbonyl (C=O) groups is 1. The molecule has 0 saturated heterocycles. The molecule has 2 aromatic rings. The van der Waals surface area contributed by atoms with Crippen molar-refractivity contribution < 1.29 is 18.3 Å². The van der Waals surface area contributed by atoms with Gasteiger partial charge in [-0.25, -0.2) is 0 Å². The molecule has 0 aromatic heterocycles. The Kier molecular flexibility index (Phi) is 4.46. The van der Waals surface area contributed by atoms with E-state index in [-0.39, 0.29) is 11.7 Å². The Morgan fingerprint density at radius 2 is 1.71 bits per heavy atom. The van der Waals surface area contributed by atoms with Crippen LogP contribution in [0.5, 0.6) is 5.75 Å². The van der Waals surface area contributed by atoms with Crippen LogP contribution in [0.2, 0.25) is 0 Å². The van der Waals surface area contributed by atoms with E-state index in [1.807, 2.05) is 6.07 Å². The quantitative estimate of drug-likeness (QED) is 0.937. The van der Waals surface area contributed by atoms with Crippen molar-refractivity contribution in [3.63, 3.8) is 0 Å². The molecule has 0 atom stereocenters. The minimum atomic E-state index is -2.89. The van der Waals surface area contributed by atoms with Crippen molar-refractivity contribution in [1.82, 2.24) is 0 Å². The van der Waals surface area contributed by atoms with Gasteiger partial charge in [0, 0.05) is 11.3 Å². The topological polar surface area (TPSA) is 62.1 Å². The van der Waals surface area contributed by atoms with E-state index < -0.39 is 6.61 Å². The Labute approximate surface area is 119 Å². The largest absolute Gasteiger partial charge is 0.435 e. The van der Waals surface area contributed by atoms with E-state index >= 15 is 0 Å². The summed E-state index contributed by atoms with van der Waals surface area (Å²) < 4.78 is 28.2. The molecule has 4 nitrogen and oxygen atoms in total. The second-order valence-corrected chi connectivity index (χ2v) is 4.05. The maximum Gasteiger partial charge on any atom is 0.387 e. The number of anilines is 1. The summed E-state index contributed by atoms with van der Waals surface area (Å²) in [4.78, 5) is 11.9. The zero-order chi connectivity index (χ0) is 15.2. The average molecular weight is 288 g/mol. The maximum absolute atomic E-state index is 12.0. The fraction of sp³-hybridized carbons (Fsp3) is 0.0667. The molecule has 0 aliphatic carbocycles. The van der Waals surface area contributed by atoms with Crippen LogP contribution in [0, 0.1) is 11.3 Å². The number of hydrogen-bond acceptors (Lipinski definition) is 3. The normalized spacial score (nSPS) is 10.0. The number of amides is 1. The highest BCUT2D eigenvalue weighted by Crippen LogP contribution is 2.18. The molecule has 0 spiro atoms. The van der Waals surface area contributed by atoms with Crippen LogP contribution < -0.4 is 10.1 Å². The van der Waals surface area contributed by atoms with Gasteiger partial charge in [0.2, 0.25) is 0 Å². The van der Waals surface area contributed by atoms with Crippen LogP contribution >= 0.6 is 0 Å². The Bertz CT molecular complexity index is 662. The van der Waals surface area contributed by atoms with Crippen molar-refractivity contribution in [3.05, 3.63) is 59.7 Å². The van der Waals surface area contributed by atoms with Crippen LogP contribution in [0.4, 0.5) is 14.5 Å². The first-order valence-electron chi connectivity index (χ1n) is 5.95. The van der Waals surface area contributed by atoms with Gasteiger partial charge in [-0.15, -0.1) is 0 Å². The summed E-state index contributed by atoms with van der Waals surface area (Å²) in [7, 11) is 0.